The standard InChI is InChI=1S/C13H23BrN2O/c1-13(5-8-15(2)9-6-13)10-16-7-3-4-11(14)12(16)17/h11H,3-10H2,1-2H3. The minimum Gasteiger partial charge on any atom is -0.341 e. The van der Waals surface area contributed by atoms with E-state index in [4.69, 9.17) is 0 Å². The van der Waals surface area contributed by atoms with E-state index in [1.807, 2.05) is 0 Å². The summed E-state index contributed by atoms with van der Waals surface area (Å²) in [7, 11) is 2.18. The second kappa shape index (κ2) is 5.27. The van der Waals surface area contributed by atoms with Crippen LogP contribution in [-0.4, -0.2) is 53.8 Å². The molecule has 0 N–H and O–H groups in total. The van der Waals surface area contributed by atoms with Gasteiger partial charge in [0.05, 0.1) is 4.83 Å². The summed E-state index contributed by atoms with van der Waals surface area (Å²) in [4.78, 5) is 16.6. The molecule has 2 heterocycles. The van der Waals surface area contributed by atoms with Crippen LogP contribution in [0.2, 0.25) is 0 Å². The molecule has 17 heavy (non-hydrogen) atoms. The minimum absolute atomic E-state index is 0.0612. The van der Waals surface area contributed by atoms with Crippen molar-refractivity contribution < 1.29 is 4.79 Å². The van der Waals surface area contributed by atoms with E-state index in [2.05, 4.69) is 39.7 Å². The third-order valence-electron chi connectivity index (χ3n) is 4.23. The summed E-state index contributed by atoms with van der Waals surface area (Å²) in [6.07, 6.45) is 4.55. The van der Waals surface area contributed by atoms with Crippen molar-refractivity contribution in [1.29, 1.82) is 0 Å². The smallest absolute Gasteiger partial charge is 0.236 e. The molecule has 0 aromatic heterocycles. The summed E-state index contributed by atoms with van der Waals surface area (Å²) in [5.41, 5.74) is 0.326. The first-order valence-corrected chi connectivity index (χ1v) is 7.53. The van der Waals surface area contributed by atoms with Crippen molar-refractivity contribution in [2.75, 3.05) is 33.2 Å². The molecular formula is C13H23BrN2O. The number of halogens is 1. The quantitative estimate of drug-likeness (QED) is 0.730. The van der Waals surface area contributed by atoms with E-state index < -0.39 is 0 Å². The molecule has 2 aliphatic heterocycles. The Bertz CT molecular complexity index is 287. The molecule has 4 heteroatoms. The summed E-state index contributed by atoms with van der Waals surface area (Å²) < 4.78 is 0. The Morgan fingerprint density at radius 3 is 2.65 bits per heavy atom. The van der Waals surface area contributed by atoms with Crippen LogP contribution < -0.4 is 0 Å². The van der Waals surface area contributed by atoms with E-state index in [0.717, 1.165) is 39.0 Å². The van der Waals surface area contributed by atoms with Gasteiger partial charge in [-0.05, 0) is 51.2 Å². The van der Waals surface area contributed by atoms with Gasteiger partial charge in [-0.3, -0.25) is 4.79 Å². The number of hydrogen-bond acceptors (Lipinski definition) is 2. The fraction of sp³-hybridized carbons (Fsp3) is 0.923. The monoisotopic (exact) mass is 302 g/mol. The zero-order valence-corrected chi connectivity index (χ0v) is 12.5. The van der Waals surface area contributed by atoms with Crippen molar-refractivity contribution in [1.82, 2.24) is 9.80 Å². The Balaban J connectivity index is 1.93. The number of rotatable bonds is 2. The molecular weight excluding hydrogens is 280 g/mol. The van der Waals surface area contributed by atoms with Crippen LogP contribution in [0.5, 0.6) is 0 Å². The van der Waals surface area contributed by atoms with Crippen molar-refractivity contribution in [2.24, 2.45) is 5.41 Å². The molecule has 0 bridgehead atoms. The first-order chi connectivity index (χ1) is 8.00. The van der Waals surface area contributed by atoms with Gasteiger partial charge < -0.3 is 9.80 Å². The van der Waals surface area contributed by atoms with Gasteiger partial charge in [0.1, 0.15) is 0 Å². The maximum atomic E-state index is 12.1. The van der Waals surface area contributed by atoms with E-state index in [1.54, 1.807) is 0 Å². The number of nitrogens with zero attached hydrogens (tertiary/aromatic N) is 2. The summed E-state index contributed by atoms with van der Waals surface area (Å²) >= 11 is 3.49. The number of amides is 1. The molecule has 0 radical (unpaired) electrons. The van der Waals surface area contributed by atoms with Gasteiger partial charge in [0.15, 0.2) is 0 Å². The number of piperidine rings is 2. The van der Waals surface area contributed by atoms with Gasteiger partial charge in [-0.15, -0.1) is 0 Å². The van der Waals surface area contributed by atoms with Crippen LogP contribution in [0.25, 0.3) is 0 Å². The van der Waals surface area contributed by atoms with Crippen molar-refractivity contribution in [3.8, 4) is 0 Å². The Kier molecular flexibility index (Phi) is 4.14. The highest BCUT2D eigenvalue weighted by molar-refractivity contribution is 9.10. The summed E-state index contributed by atoms with van der Waals surface area (Å²) in [5.74, 6) is 0.302. The second-order valence-electron chi connectivity index (χ2n) is 5.98. The van der Waals surface area contributed by atoms with Gasteiger partial charge in [-0.1, -0.05) is 22.9 Å². The average molecular weight is 303 g/mol. The number of likely N-dealkylation sites (tertiary alicyclic amines) is 2. The molecule has 1 amide bonds. The van der Waals surface area contributed by atoms with Gasteiger partial charge in [-0.25, -0.2) is 0 Å². The summed E-state index contributed by atoms with van der Waals surface area (Å²) in [6, 6.07) is 0. The molecule has 2 fully saturated rings. The molecule has 3 nitrogen and oxygen atoms in total. The Labute approximate surface area is 113 Å². The Hall–Kier alpha value is -0.0900. The zero-order valence-electron chi connectivity index (χ0n) is 10.9. The van der Waals surface area contributed by atoms with Gasteiger partial charge >= 0.3 is 0 Å². The predicted molar refractivity (Wildman–Crippen MR) is 73.4 cm³/mol. The summed E-state index contributed by atoms with van der Waals surface area (Å²) in [5, 5.41) is 0. The van der Waals surface area contributed by atoms with Crippen LogP contribution in [-0.2, 0) is 4.79 Å². The van der Waals surface area contributed by atoms with Crippen LogP contribution in [0.15, 0.2) is 0 Å². The highest BCUT2D eigenvalue weighted by atomic mass is 79.9. The Morgan fingerprint density at radius 1 is 1.35 bits per heavy atom. The van der Waals surface area contributed by atoms with E-state index in [-0.39, 0.29) is 4.83 Å². The van der Waals surface area contributed by atoms with Crippen molar-refractivity contribution in [3.63, 3.8) is 0 Å². The topological polar surface area (TPSA) is 23.6 Å². The first-order valence-electron chi connectivity index (χ1n) is 6.62. The molecule has 0 spiro atoms. The molecule has 1 unspecified atom stereocenters. The highest BCUT2D eigenvalue weighted by Crippen LogP contribution is 2.33. The van der Waals surface area contributed by atoms with Crippen LogP contribution in [0.4, 0.5) is 0 Å². The van der Waals surface area contributed by atoms with Gasteiger partial charge in [0, 0.05) is 13.1 Å². The van der Waals surface area contributed by atoms with E-state index in [0.29, 0.717) is 11.3 Å². The lowest BCUT2D eigenvalue weighted by molar-refractivity contribution is -0.134. The normalized spacial score (nSPS) is 30.6. The molecule has 2 rings (SSSR count). The number of hydrogen-bond donors (Lipinski definition) is 0. The SMILES string of the molecule is CN1CCC(C)(CN2CCCC(Br)C2=O)CC1. The Morgan fingerprint density at radius 2 is 2.00 bits per heavy atom. The fourth-order valence-corrected chi connectivity index (χ4v) is 3.44. The minimum atomic E-state index is 0.0612. The van der Waals surface area contributed by atoms with E-state index in [1.165, 1.54) is 12.8 Å². The molecule has 0 aliphatic carbocycles. The number of carbonyl (C=O) groups is 1. The predicted octanol–water partition coefficient (Wildman–Crippen LogP) is 2.10. The fourth-order valence-electron chi connectivity index (χ4n) is 2.83. The number of carbonyl (C=O) groups excluding carboxylic acids is 1. The van der Waals surface area contributed by atoms with E-state index in [9.17, 15) is 4.79 Å². The lowest BCUT2D eigenvalue weighted by Crippen LogP contribution is -2.49. The van der Waals surface area contributed by atoms with Crippen LogP contribution in [0.1, 0.15) is 32.6 Å². The molecule has 0 aromatic rings. The van der Waals surface area contributed by atoms with Crippen molar-refractivity contribution in [2.45, 2.75) is 37.4 Å². The third kappa shape index (κ3) is 3.22. The lowest BCUT2D eigenvalue weighted by Gasteiger charge is -2.42. The molecule has 0 saturated carbocycles. The van der Waals surface area contributed by atoms with Crippen molar-refractivity contribution in [3.05, 3.63) is 0 Å². The maximum Gasteiger partial charge on any atom is 0.236 e. The second-order valence-corrected chi connectivity index (χ2v) is 7.09. The highest BCUT2D eigenvalue weighted by Gasteiger charge is 2.35. The first kappa shape index (κ1) is 13.3. The summed E-state index contributed by atoms with van der Waals surface area (Å²) in [6.45, 7) is 6.56. The van der Waals surface area contributed by atoms with E-state index >= 15 is 0 Å². The molecule has 0 aromatic carbocycles. The molecule has 98 valence electrons. The van der Waals surface area contributed by atoms with Gasteiger partial charge in [0.2, 0.25) is 5.91 Å². The molecule has 2 saturated heterocycles. The van der Waals surface area contributed by atoms with Crippen LogP contribution >= 0.6 is 15.9 Å². The maximum absolute atomic E-state index is 12.1. The van der Waals surface area contributed by atoms with Crippen LogP contribution in [0.3, 0.4) is 0 Å². The van der Waals surface area contributed by atoms with Crippen molar-refractivity contribution >= 4 is 21.8 Å². The van der Waals surface area contributed by atoms with Gasteiger partial charge in [0.25, 0.3) is 0 Å². The zero-order chi connectivity index (χ0) is 12.5. The molecule has 2 aliphatic rings. The lowest BCUT2D eigenvalue weighted by atomic mass is 9.79. The number of alkyl halides is 1. The van der Waals surface area contributed by atoms with Crippen LogP contribution in [0, 0.1) is 5.41 Å². The van der Waals surface area contributed by atoms with Gasteiger partial charge in [-0.2, -0.15) is 0 Å². The average Bonchev–Trinajstić information content (AvgIpc) is 2.30. The largest absolute Gasteiger partial charge is 0.341 e. The molecule has 1 atom stereocenters. The third-order valence-corrected chi connectivity index (χ3v) is 5.08.